The summed E-state index contributed by atoms with van der Waals surface area (Å²) in [6.45, 7) is 3.58. The molecule has 0 radical (unpaired) electrons. The lowest BCUT2D eigenvalue weighted by Crippen LogP contribution is -2.31. The maximum atomic E-state index is 11.5. The van der Waals surface area contributed by atoms with E-state index < -0.39 is 0 Å². The van der Waals surface area contributed by atoms with Gasteiger partial charge in [0.1, 0.15) is 10.8 Å². The molecule has 112 valence electrons. The number of ether oxygens (including phenoxy) is 1. The summed E-state index contributed by atoms with van der Waals surface area (Å²) in [6, 6.07) is 5.21. The van der Waals surface area contributed by atoms with E-state index in [2.05, 4.69) is 5.32 Å². The van der Waals surface area contributed by atoms with Crippen LogP contribution in [0.15, 0.2) is 18.2 Å². The molecular formula is C14H20Cl2N2O2. The largest absolute Gasteiger partial charge is 0.492 e. The first-order chi connectivity index (χ1) is 9.54. The van der Waals surface area contributed by atoms with Crippen molar-refractivity contribution in [3.63, 3.8) is 0 Å². The highest BCUT2D eigenvalue weighted by Gasteiger charge is 2.07. The van der Waals surface area contributed by atoms with Crippen LogP contribution < -0.4 is 15.8 Å². The second-order valence-corrected chi connectivity index (χ2v) is 5.43. The Morgan fingerprint density at radius 2 is 2.20 bits per heavy atom. The van der Waals surface area contributed by atoms with Crippen LogP contribution in [0.2, 0.25) is 10.0 Å². The van der Waals surface area contributed by atoms with E-state index in [1.165, 1.54) is 0 Å². The smallest absolute Gasteiger partial charge is 0.220 e. The monoisotopic (exact) mass is 318 g/mol. The van der Waals surface area contributed by atoms with Crippen LogP contribution in [0, 0.1) is 5.92 Å². The van der Waals surface area contributed by atoms with Crippen molar-refractivity contribution in [3.8, 4) is 5.75 Å². The van der Waals surface area contributed by atoms with Gasteiger partial charge in [-0.15, -0.1) is 0 Å². The van der Waals surface area contributed by atoms with Gasteiger partial charge in [-0.2, -0.15) is 0 Å². The number of carbonyl (C=O) groups is 1. The molecule has 3 N–H and O–H groups in total. The summed E-state index contributed by atoms with van der Waals surface area (Å²) >= 11 is 11.9. The van der Waals surface area contributed by atoms with Crippen molar-refractivity contribution in [1.29, 1.82) is 0 Å². The van der Waals surface area contributed by atoms with Gasteiger partial charge in [0, 0.05) is 13.0 Å². The molecule has 6 heteroatoms. The number of hydrogen-bond acceptors (Lipinski definition) is 3. The lowest BCUT2D eigenvalue weighted by molar-refractivity contribution is -0.121. The zero-order chi connectivity index (χ0) is 15.0. The fourth-order valence-electron chi connectivity index (χ4n) is 1.47. The maximum Gasteiger partial charge on any atom is 0.220 e. The molecule has 1 amide bonds. The van der Waals surface area contributed by atoms with Crippen LogP contribution in [-0.2, 0) is 4.79 Å². The minimum atomic E-state index is 0.00564. The van der Waals surface area contributed by atoms with Gasteiger partial charge in [-0.3, -0.25) is 4.79 Å². The van der Waals surface area contributed by atoms with Crippen molar-refractivity contribution < 1.29 is 9.53 Å². The van der Waals surface area contributed by atoms with Gasteiger partial charge in [0.2, 0.25) is 5.91 Å². The summed E-state index contributed by atoms with van der Waals surface area (Å²) in [5, 5.41) is 3.69. The zero-order valence-electron chi connectivity index (χ0n) is 11.5. The number of rotatable bonds is 8. The lowest BCUT2D eigenvalue weighted by atomic mass is 10.2. The summed E-state index contributed by atoms with van der Waals surface area (Å²) in [4.78, 5) is 11.5. The van der Waals surface area contributed by atoms with Gasteiger partial charge in [-0.25, -0.2) is 0 Å². The minimum absolute atomic E-state index is 0.00564. The molecule has 0 saturated carbocycles. The fraction of sp³-hybridized carbons (Fsp3) is 0.500. The van der Waals surface area contributed by atoms with Crippen LogP contribution >= 0.6 is 23.2 Å². The first-order valence-corrected chi connectivity index (χ1v) is 7.33. The molecule has 1 atom stereocenters. The molecule has 20 heavy (non-hydrogen) atoms. The first kappa shape index (κ1) is 17.1. The Labute approximate surface area is 129 Å². The summed E-state index contributed by atoms with van der Waals surface area (Å²) in [5.41, 5.74) is 5.48. The van der Waals surface area contributed by atoms with E-state index in [0.29, 0.717) is 54.3 Å². The van der Waals surface area contributed by atoms with Crippen LogP contribution in [-0.4, -0.2) is 25.6 Å². The van der Waals surface area contributed by atoms with Gasteiger partial charge in [0.05, 0.1) is 11.6 Å². The molecule has 4 nitrogen and oxygen atoms in total. The third-order valence-electron chi connectivity index (χ3n) is 2.77. The molecule has 1 aromatic rings. The highest BCUT2D eigenvalue weighted by atomic mass is 35.5. The van der Waals surface area contributed by atoms with Crippen molar-refractivity contribution in [1.82, 2.24) is 5.32 Å². The second kappa shape index (κ2) is 9.06. The molecule has 0 heterocycles. The molecule has 0 aliphatic carbocycles. The van der Waals surface area contributed by atoms with Crippen molar-refractivity contribution in [2.45, 2.75) is 19.8 Å². The third-order valence-corrected chi connectivity index (χ3v) is 3.57. The van der Waals surface area contributed by atoms with E-state index in [1.54, 1.807) is 18.2 Å². The lowest BCUT2D eigenvalue weighted by Gasteiger charge is -2.11. The van der Waals surface area contributed by atoms with Crippen LogP contribution in [0.1, 0.15) is 19.8 Å². The van der Waals surface area contributed by atoms with Gasteiger partial charge >= 0.3 is 0 Å². The summed E-state index contributed by atoms with van der Waals surface area (Å²) < 4.78 is 5.50. The molecule has 1 aromatic carbocycles. The molecule has 0 bridgehead atoms. The van der Waals surface area contributed by atoms with E-state index >= 15 is 0 Å². The molecule has 0 aliphatic heterocycles. The molecule has 0 aromatic heterocycles. The Hall–Kier alpha value is -0.970. The topological polar surface area (TPSA) is 64.3 Å². The number of halogens is 2. The number of carbonyl (C=O) groups excluding carboxylic acids is 1. The quantitative estimate of drug-likeness (QED) is 0.724. The standard InChI is InChI=1S/C14H20Cl2N2O2/c1-10(8-17)9-18-13(19)6-3-7-20-12-5-2-4-11(15)14(12)16/h2,4-5,10H,3,6-9,17H2,1H3,(H,18,19). The predicted octanol–water partition coefficient (Wildman–Crippen LogP) is 2.86. The van der Waals surface area contributed by atoms with Crippen molar-refractivity contribution in [2.24, 2.45) is 11.7 Å². The van der Waals surface area contributed by atoms with Crippen LogP contribution in [0.25, 0.3) is 0 Å². The van der Waals surface area contributed by atoms with Crippen LogP contribution in [0.5, 0.6) is 5.75 Å². The van der Waals surface area contributed by atoms with E-state index in [1.807, 2.05) is 6.92 Å². The van der Waals surface area contributed by atoms with E-state index in [0.717, 1.165) is 0 Å². The highest BCUT2D eigenvalue weighted by Crippen LogP contribution is 2.31. The van der Waals surface area contributed by atoms with Gasteiger partial charge in [-0.05, 0) is 31.0 Å². The van der Waals surface area contributed by atoms with Crippen molar-refractivity contribution in [3.05, 3.63) is 28.2 Å². The zero-order valence-corrected chi connectivity index (χ0v) is 13.0. The van der Waals surface area contributed by atoms with Crippen molar-refractivity contribution in [2.75, 3.05) is 19.7 Å². The Bertz CT molecular complexity index is 441. The maximum absolute atomic E-state index is 11.5. The Morgan fingerprint density at radius 1 is 1.45 bits per heavy atom. The first-order valence-electron chi connectivity index (χ1n) is 6.58. The summed E-state index contributed by atoms with van der Waals surface area (Å²) in [7, 11) is 0. The SMILES string of the molecule is CC(CN)CNC(=O)CCCOc1cccc(Cl)c1Cl. The van der Waals surface area contributed by atoms with Gasteiger partial charge in [0.15, 0.2) is 0 Å². The molecule has 0 fully saturated rings. The van der Waals surface area contributed by atoms with E-state index in [9.17, 15) is 4.79 Å². The molecule has 0 saturated heterocycles. The number of benzene rings is 1. The minimum Gasteiger partial charge on any atom is -0.492 e. The Morgan fingerprint density at radius 3 is 2.90 bits per heavy atom. The molecule has 0 aliphatic rings. The Balaban J connectivity index is 2.21. The number of nitrogens with two attached hydrogens (primary N) is 1. The number of nitrogens with one attached hydrogen (secondary N) is 1. The van der Waals surface area contributed by atoms with E-state index in [4.69, 9.17) is 33.7 Å². The van der Waals surface area contributed by atoms with Gasteiger partial charge < -0.3 is 15.8 Å². The molecule has 0 spiro atoms. The van der Waals surface area contributed by atoms with Crippen molar-refractivity contribution >= 4 is 29.1 Å². The predicted molar refractivity (Wildman–Crippen MR) is 82.4 cm³/mol. The number of amides is 1. The second-order valence-electron chi connectivity index (χ2n) is 4.65. The van der Waals surface area contributed by atoms with E-state index in [-0.39, 0.29) is 5.91 Å². The average Bonchev–Trinajstić information content (AvgIpc) is 2.45. The van der Waals surface area contributed by atoms with Crippen LogP contribution in [0.3, 0.4) is 0 Å². The molecular weight excluding hydrogens is 299 g/mol. The average molecular weight is 319 g/mol. The highest BCUT2D eigenvalue weighted by molar-refractivity contribution is 6.42. The normalized spacial score (nSPS) is 12.0. The Kier molecular flexibility index (Phi) is 7.73. The third kappa shape index (κ3) is 5.99. The fourth-order valence-corrected chi connectivity index (χ4v) is 1.82. The number of hydrogen-bond donors (Lipinski definition) is 2. The summed E-state index contributed by atoms with van der Waals surface area (Å²) in [5.74, 6) is 0.836. The van der Waals surface area contributed by atoms with Crippen LogP contribution in [0.4, 0.5) is 0 Å². The molecule has 1 rings (SSSR count). The van der Waals surface area contributed by atoms with Gasteiger partial charge in [0.25, 0.3) is 0 Å². The summed E-state index contributed by atoms with van der Waals surface area (Å²) in [6.07, 6.45) is 1.03. The van der Waals surface area contributed by atoms with Gasteiger partial charge in [-0.1, -0.05) is 36.2 Å². The molecule has 1 unspecified atom stereocenters.